The zero-order chi connectivity index (χ0) is 17.7. The predicted octanol–water partition coefficient (Wildman–Crippen LogP) is 7.83. The maximum atomic E-state index is 8.63. The summed E-state index contributed by atoms with van der Waals surface area (Å²) >= 11 is 2.18. The van der Waals surface area contributed by atoms with E-state index in [2.05, 4.69) is 25.6 Å². The number of aromatic hydroxyl groups is 1. The van der Waals surface area contributed by atoms with Gasteiger partial charge in [0.15, 0.2) is 0 Å². The van der Waals surface area contributed by atoms with Crippen molar-refractivity contribution in [2.45, 2.75) is 90.9 Å². The van der Waals surface area contributed by atoms with Crippen LogP contribution in [0.2, 0.25) is 0 Å². The summed E-state index contributed by atoms with van der Waals surface area (Å²) in [6, 6.07) is 8.71. The molecule has 0 aliphatic heterocycles. The van der Waals surface area contributed by atoms with Crippen molar-refractivity contribution in [3.05, 3.63) is 30.3 Å². The molecule has 1 nitrogen and oxygen atoms in total. The Morgan fingerprint density at radius 2 is 1.04 bits per heavy atom. The Labute approximate surface area is 155 Å². The van der Waals surface area contributed by atoms with E-state index in [1.165, 1.54) is 88.6 Å². The highest BCUT2D eigenvalue weighted by Gasteiger charge is 1.93. The zero-order valence-electron chi connectivity index (χ0n) is 16.1. The first-order valence-electron chi connectivity index (χ1n) is 10.1. The first kappa shape index (κ1) is 23.4. The molecule has 0 radical (unpaired) electrons. The van der Waals surface area contributed by atoms with Crippen LogP contribution in [0.1, 0.15) is 90.9 Å². The van der Waals surface area contributed by atoms with Crippen molar-refractivity contribution in [2.75, 3.05) is 11.5 Å². The highest BCUT2D eigenvalue weighted by Crippen LogP contribution is 2.13. The van der Waals surface area contributed by atoms with Gasteiger partial charge in [-0.1, -0.05) is 96.3 Å². The average molecular weight is 353 g/mol. The van der Waals surface area contributed by atoms with Gasteiger partial charge in [-0.05, 0) is 36.5 Å². The van der Waals surface area contributed by atoms with Gasteiger partial charge in [-0.2, -0.15) is 11.8 Å². The van der Waals surface area contributed by atoms with Gasteiger partial charge in [0.25, 0.3) is 0 Å². The highest BCUT2D eigenvalue weighted by atomic mass is 32.2. The highest BCUT2D eigenvalue weighted by molar-refractivity contribution is 7.99. The van der Waals surface area contributed by atoms with Crippen LogP contribution in [-0.4, -0.2) is 16.6 Å². The molecule has 0 spiro atoms. The molecule has 1 rings (SSSR count). The van der Waals surface area contributed by atoms with Gasteiger partial charge in [0.2, 0.25) is 0 Å². The van der Waals surface area contributed by atoms with Crippen LogP contribution in [0.25, 0.3) is 0 Å². The summed E-state index contributed by atoms with van der Waals surface area (Å²) in [5, 5.41) is 8.63. The fraction of sp³-hybridized carbons (Fsp3) is 0.727. The Morgan fingerprint density at radius 1 is 0.625 bits per heavy atom. The number of para-hydroxylation sites is 1. The van der Waals surface area contributed by atoms with E-state index >= 15 is 0 Å². The van der Waals surface area contributed by atoms with Crippen LogP contribution in [0.4, 0.5) is 0 Å². The van der Waals surface area contributed by atoms with Gasteiger partial charge < -0.3 is 5.11 Å². The van der Waals surface area contributed by atoms with Gasteiger partial charge >= 0.3 is 0 Å². The molecule has 0 aliphatic rings. The molecule has 0 heterocycles. The summed E-state index contributed by atoms with van der Waals surface area (Å²) < 4.78 is 0. The number of benzene rings is 1. The maximum absolute atomic E-state index is 8.63. The monoisotopic (exact) mass is 352 g/mol. The summed E-state index contributed by atoms with van der Waals surface area (Å²) in [7, 11) is 0. The topological polar surface area (TPSA) is 20.2 Å². The van der Waals surface area contributed by atoms with Gasteiger partial charge in [-0.15, -0.1) is 0 Å². The molecule has 0 bridgehead atoms. The molecule has 0 fully saturated rings. The average Bonchev–Trinajstić information content (AvgIpc) is 2.60. The van der Waals surface area contributed by atoms with Gasteiger partial charge in [0.1, 0.15) is 5.75 Å². The summed E-state index contributed by atoms with van der Waals surface area (Å²) in [6.07, 6.45) is 17.3. The molecule has 0 aliphatic carbocycles. The Hall–Kier alpha value is -0.630. The number of phenolic OH excluding ortho intramolecular Hbond substituents is 1. The van der Waals surface area contributed by atoms with Crippen molar-refractivity contribution in [3.63, 3.8) is 0 Å². The predicted molar refractivity (Wildman–Crippen MR) is 112 cm³/mol. The molecule has 140 valence electrons. The van der Waals surface area contributed by atoms with Crippen molar-refractivity contribution in [2.24, 2.45) is 0 Å². The molecule has 0 saturated carbocycles. The third kappa shape index (κ3) is 19.4. The SMILES string of the molecule is CCCCCCCCSCCCCCCCC.Oc1ccccc1. The van der Waals surface area contributed by atoms with E-state index in [4.69, 9.17) is 5.11 Å². The van der Waals surface area contributed by atoms with Crippen LogP contribution >= 0.6 is 11.8 Å². The maximum Gasteiger partial charge on any atom is 0.115 e. The van der Waals surface area contributed by atoms with Crippen LogP contribution in [0.5, 0.6) is 5.75 Å². The van der Waals surface area contributed by atoms with Crippen molar-refractivity contribution in [1.29, 1.82) is 0 Å². The molecule has 1 N–H and O–H groups in total. The summed E-state index contributed by atoms with van der Waals surface area (Å²) in [5.41, 5.74) is 0. The number of hydrogen-bond acceptors (Lipinski definition) is 2. The second kappa shape index (κ2) is 20.4. The Kier molecular flexibility index (Phi) is 19.9. The summed E-state index contributed by atoms with van der Waals surface area (Å²) in [6.45, 7) is 4.58. The van der Waals surface area contributed by atoms with Gasteiger partial charge in [-0.25, -0.2) is 0 Å². The first-order chi connectivity index (χ1) is 11.8. The smallest absolute Gasteiger partial charge is 0.115 e. The Bertz CT molecular complexity index is 312. The van der Waals surface area contributed by atoms with Crippen molar-refractivity contribution >= 4 is 11.8 Å². The van der Waals surface area contributed by atoms with Gasteiger partial charge in [0, 0.05) is 0 Å². The van der Waals surface area contributed by atoms with E-state index in [1.54, 1.807) is 24.3 Å². The third-order valence-corrected chi connectivity index (χ3v) is 5.20. The lowest BCUT2D eigenvalue weighted by atomic mass is 10.1. The molecular formula is C22H40OS. The lowest BCUT2D eigenvalue weighted by molar-refractivity contribution is 0.475. The van der Waals surface area contributed by atoms with Crippen molar-refractivity contribution in [3.8, 4) is 5.75 Å². The number of phenols is 1. The number of hydrogen-bond donors (Lipinski definition) is 1. The van der Waals surface area contributed by atoms with E-state index in [9.17, 15) is 0 Å². The van der Waals surface area contributed by atoms with Crippen LogP contribution in [-0.2, 0) is 0 Å². The second-order valence-corrected chi connectivity index (χ2v) is 7.71. The fourth-order valence-corrected chi connectivity index (χ4v) is 3.52. The Balaban J connectivity index is 0.000000620. The first-order valence-corrected chi connectivity index (χ1v) is 11.3. The van der Waals surface area contributed by atoms with Crippen LogP contribution < -0.4 is 0 Å². The van der Waals surface area contributed by atoms with Crippen LogP contribution in [0.15, 0.2) is 30.3 Å². The molecule has 0 saturated heterocycles. The molecule has 0 amide bonds. The van der Waals surface area contributed by atoms with E-state index < -0.39 is 0 Å². The zero-order valence-corrected chi connectivity index (χ0v) is 17.0. The largest absolute Gasteiger partial charge is 0.508 e. The molecule has 24 heavy (non-hydrogen) atoms. The van der Waals surface area contributed by atoms with Crippen LogP contribution in [0.3, 0.4) is 0 Å². The fourth-order valence-electron chi connectivity index (χ4n) is 2.50. The van der Waals surface area contributed by atoms with E-state index in [0.717, 1.165) is 0 Å². The Morgan fingerprint density at radius 3 is 1.42 bits per heavy atom. The minimum absolute atomic E-state index is 0.322. The number of thioether (sulfide) groups is 1. The molecule has 0 atom stereocenters. The molecule has 0 aromatic heterocycles. The third-order valence-electron chi connectivity index (χ3n) is 4.04. The second-order valence-electron chi connectivity index (χ2n) is 6.48. The molecule has 1 aromatic rings. The van der Waals surface area contributed by atoms with E-state index in [1.807, 2.05) is 6.07 Å². The number of unbranched alkanes of at least 4 members (excludes halogenated alkanes) is 10. The van der Waals surface area contributed by atoms with Crippen molar-refractivity contribution in [1.82, 2.24) is 0 Å². The quantitative estimate of drug-likeness (QED) is 0.344. The van der Waals surface area contributed by atoms with Gasteiger partial charge in [0.05, 0.1) is 0 Å². The van der Waals surface area contributed by atoms with E-state index in [0.29, 0.717) is 5.75 Å². The molecule has 2 heteroatoms. The molecule has 1 aromatic carbocycles. The molecule has 0 unspecified atom stereocenters. The number of rotatable bonds is 14. The van der Waals surface area contributed by atoms with Crippen LogP contribution in [0, 0.1) is 0 Å². The standard InChI is InChI=1S/C16H34S.C6H6O/c1-3-5-7-9-11-13-15-17-16-14-12-10-8-6-4-2;7-6-4-2-1-3-5-6/h3-16H2,1-2H3;1-5,7H. The lowest BCUT2D eigenvalue weighted by Crippen LogP contribution is -1.86. The van der Waals surface area contributed by atoms with Gasteiger partial charge in [-0.3, -0.25) is 0 Å². The van der Waals surface area contributed by atoms with Crippen molar-refractivity contribution < 1.29 is 5.11 Å². The molecular weight excluding hydrogens is 312 g/mol. The van der Waals surface area contributed by atoms with E-state index in [-0.39, 0.29) is 0 Å². The normalized spacial score (nSPS) is 10.2. The minimum Gasteiger partial charge on any atom is -0.508 e. The summed E-state index contributed by atoms with van der Waals surface area (Å²) in [5.74, 6) is 3.13. The lowest BCUT2D eigenvalue weighted by Gasteiger charge is -2.02. The minimum atomic E-state index is 0.322. The summed E-state index contributed by atoms with van der Waals surface area (Å²) in [4.78, 5) is 0.